The molecule has 5 rings (SSSR count). The van der Waals surface area contributed by atoms with E-state index in [0.717, 1.165) is 31.3 Å². The number of carbonyl (C=O) groups is 2. The van der Waals surface area contributed by atoms with Crippen molar-refractivity contribution < 1.29 is 19.8 Å². The van der Waals surface area contributed by atoms with Gasteiger partial charge in [-0.3, -0.25) is 15.0 Å². The predicted octanol–water partition coefficient (Wildman–Crippen LogP) is 5.71. The van der Waals surface area contributed by atoms with E-state index in [1.165, 1.54) is 39.9 Å². The molecule has 1 aromatic heterocycles. The Morgan fingerprint density at radius 1 is 1.03 bits per heavy atom. The quantitative estimate of drug-likeness (QED) is 0.209. The van der Waals surface area contributed by atoms with E-state index in [-0.39, 0.29) is 29.1 Å². The van der Waals surface area contributed by atoms with Crippen LogP contribution >= 0.6 is 34.9 Å². The first-order valence-corrected chi connectivity index (χ1v) is 14.0. The van der Waals surface area contributed by atoms with Gasteiger partial charge in [0, 0.05) is 0 Å². The van der Waals surface area contributed by atoms with Crippen LogP contribution in [0.1, 0.15) is 25.0 Å². The van der Waals surface area contributed by atoms with Crippen LogP contribution < -0.4 is 5.43 Å². The molecule has 0 radical (unpaired) electrons. The summed E-state index contributed by atoms with van der Waals surface area (Å²) < 4.78 is 1.83. The highest BCUT2D eigenvalue weighted by Gasteiger charge is 2.49. The Morgan fingerprint density at radius 2 is 1.68 bits per heavy atom. The van der Waals surface area contributed by atoms with E-state index in [9.17, 15) is 19.8 Å². The molecule has 1 unspecified atom stereocenters. The summed E-state index contributed by atoms with van der Waals surface area (Å²) in [6, 6.07) is 21.0. The molecular weight excluding hydrogens is 527 g/mol. The summed E-state index contributed by atoms with van der Waals surface area (Å²) in [6.45, 7) is 3.71. The maximum atomic E-state index is 13.7. The molecule has 1 atom stereocenters. The third kappa shape index (κ3) is 5.04. The van der Waals surface area contributed by atoms with Crippen molar-refractivity contribution in [2.75, 3.05) is 5.75 Å². The van der Waals surface area contributed by atoms with Gasteiger partial charge >= 0.3 is 0 Å². The number of allylic oxidation sites excluding steroid dienone is 1. The fraction of sp³-hybridized carbons (Fsp3) is 0.148. The number of rotatable bonds is 6. The van der Waals surface area contributed by atoms with E-state index < -0.39 is 4.87 Å². The number of amides is 2. The minimum absolute atomic E-state index is 0.0932. The van der Waals surface area contributed by atoms with E-state index in [0.29, 0.717) is 4.91 Å². The lowest BCUT2D eigenvalue weighted by molar-refractivity contribution is -0.139. The first-order valence-electron chi connectivity index (χ1n) is 11.4. The normalized spacial score (nSPS) is 18.9. The van der Waals surface area contributed by atoms with Gasteiger partial charge in [-0.25, -0.2) is 9.99 Å². The van der Waals surface area contributed by atoms with Gasteiger partial charge < -0.3 is 10.2 Å². The summed E-state index contributed by atoms with van der Waals surface area (Å²) in [5, 5.41) is 20.8. The van der Waals surface area contributed by atoms with Gasteiger partial charge in [-0.05, 0) is 66.9 Å². The van der Waals surface area contributed by atoms with Crippen LogP contribution in [0, 0.1) is 0 Å². The van der Waals surface area contributed by atoms with Crippen molar-refractivity contribution in [1.82, 2.24) is 15.4 Å². The molecule has 1 aliphatic heterocycles. The van der Waals surface area contributed by atoms with E-state index >= 15 is 0 Å². The standard InChI is InChI=1S/C27H23N3O4S3/c1-16(17-7-11-19(31)12-8-17)24-25(34)30(27(2,37-24)18-9-13-20(32)14-10-18)29-23(33)15-35-26-28-21-5-3-4-6-22(21)36-26/h3-14,31-32H,15H2,1-2H3,(H,29,33)/b24-16-. The summed E-state index contributed by atoms with van der Waals surface area (Å²) in [4.78, 5) is 30.8. The average Bonchev–Trinajstić information content (AvgIpc) is 3.42. The van der Waals surface area contributed by atoms with Crippen LogP contribution in [-0.2, 0) is 14.5 Å². The molecule has 188 valence electrons. The van der Waals surface area contributed by atoms with Crippen LogP contribution in [0.15, 0.2) is 82.0 Å². The van der Waals surface area contributed by atoms with Crippen molar-refractivity contribution in [3.63, 3.8) is 0 Å². The fourth-order valence-electron chi connectivity index (χ4n) is 3.98. The summed E-state index contributed by atoms with van der Waals surface area (Å²) in [6.07, 6.45) is 0. The number of thioether (sulfide) groups is 2. The van der Waals surface area contributed by atoms with E-state index in [1.807, 2.05) is 38.1 Å². The molecule has 1 saturated heterocycles. The Morgan fingerprint density at radius 3 is 2.35 bits per heavy atom. The van der Waals surface area contributed by atoms with Crippen LogP contribution in [-0.4, -0.2) is 37.8 Å². The number of benzene rings is 3. The smallest absolute Gasteiger partial charge is 0.280 e. The number of carbonyl (C=O) groups excluding carboxylic acids is 2. The van der Waals surface area contributed by atoms with E-state index in [1.54, 1.807) is 48.5 Å². The van der Waals surface area contributed by atoms with Crippen LogP contribution in [0.3, 0.4) is 0 Å². The lowest BCUT2D eigenvalue weighted by atomic mass is 10.1. The van der Waals surface area contributed by atoms with Gasteiger partial charge in [-0.15, -0.1) is 11.3 Å². The molecule has 0 saturated carbocycles. The zero-order chi connectivity index (χ0) is 26.2. The van der Waals surface area contributed by atoms with Gasteiger partial charge in [0.25, 0.3) is 5.91 Å². The van der Waals surface area contributed by atoms with Crippen molar-refractivity contribution in [3.05, 3.63) is 88.8 Å². The molecule has 2 amide bonds. The average molecular weight is 550 g/mol. The molecule has 37 heavy (non-hydrogen) atoms. The Balaban J connectivity index is 1.42. The van der Waals surface area contributed by atoms with Gasteiger partial charge in [0.1, 0.15) is 16.4 Å². The van der Waals surface area contributed by atoms with E-state index in [4.69, 9.17) is 0 Å². The first kappa shape index (κ1) is 25.2. The molecule has 2 heterocycles. The van der Waals surface area contributed by atoms with Crippen molar-refractivity contribution in [1.29, 1.82) is 0 Å². The highest BCUT2D eigenvalue weighted by molar-refractivity contribution is 8.05. The van der Waals surface area contributed by atoms with Crippen molar-refractivity contribution >= 4 is 62.5 Å². The molecule has 1 aliphatic rings. The van der Waals surface area contributed by atoms with Crippen LogP contribution in [0.5, 0.6) is 11.5 Å². The fourth-order valence-corrected chi connectivity index (χ4v) is 7.16. The van der Waals surface area contributed by atoms with Crippen LogP contribution in [0.25, 0.3) is 15.8 Å². The summed E-state index contributed by atoms with van der Waals surface area (Å²) >= 11 is 4.18. The number of hydrazine groups is 1. The number of phenolic OH excluding ortho intramolecular Hbond substituents is 2. The monoisotopic (exact) mass is 549 g/mol. The second-order valence-electron chi connectivity index (χ2n) is 8.54. The number of aromatic hydroxyl groups is 2. The van der Waals surface area contributed by atoms with Gasteiger partial charge in [0.05, 0.1) is 20.9 Å². The number of hydrogen-bond donors (Lipinski definition) is 3. The molecule has 3 N–H and O–H groups in total. The SMILES string of the molecule is C/C(=C1/SC(C)(c2ccc(O)cc2)N(NC(=O)CSc2nc3ccccc3s2)C1=O)c1ccc(O)cc1. The van der Waals surface area contributed by atoms with Crippen molar-refractivity contribution in [2.45, 2.75) is 23.1 Å². The Bertz CT molecular complexity index is 1480. The zero-order valence-corrected chi connectivity index (χ0v) is 22.4. The number of hydrogen-bond acceptors (Lipinski definition) is 8. The maximum absolute atomic E-state index is 13.7. The largest absolute Gasteiger partial charge is 0.508 e. The second-order valence-corrected chi connectivity index (χ2v) is 12.2. The zero-order valence-electron chi connectivity index (χ0n) is 20.0. The Hall–Kier alpha value is -3.47. The molecule has 7 nitrogen and oxygen atoms in total. The maximum Gasteiger partial charge on any atom is 0.280 e. The topological polar surface area (TPSA) is 103 Å². The van der Waals surface area contributed by atoms with Crippen molar-refractivity contribution in [2.24, 2.45) is 0 Å². The number of thiazole rings is 1. The molecule has 10 heteroatoms. The molecule has 1 fully saturated rings. The first-order chi connectivity index (χ1) is 17.7. The van der Waals surface area contributed by atoms with Gasteiger partial charge in [-0.2, -0.15) is 0 Å². The minimum Gasteiger partial charge on any atom is -0.508 e. The van der Waals surface area contributed by atoms with Crippen molar-refractivity contribution in [3.8, 4) is 11.5 Å². The number of nitrogens with one attached hydrogen (secondary N) is 1. The molecule has 0 aliphatic carbocycles. The van der Waals surface area contributed by atoms with Crippen LogP contribution in [0.2, 0.25) is 0 Å². The highest BCUT2D eigenvalue weighted by Crippen LogP contribution is 2.52. The summed E-state index contributed by atoms with van der Waals surface area (Å²) in [5.41, 5.74) is 5.99. The lowest BCUT2D eigenvalue weighted by Crippen LogP contribution is -2.52. The molecule has 3 aromatic carbocycles. The van der Waals surface area contributed by atoms with Gasteiger partial charge in [0.2, 0.25) is 5.91 Å². The number of nitrogens with zero attached hydrogens (tertiary/aromatic N) is 2. The Labute approximate surface area is 226 Å². The molecule has 0 bridgehead atoms. The predicted molar refractivity (Wildman–Crippen MR) is 149 cm³/mol. The van der Waals surface area contributed by atoms with Gasteiger partial charge in [-0.1, -0.05) is 59.9 Å². The highest BCUT2D eigenvalue weighted by atomic mass is 32.2. The van der Waals surface area contributed by atoms with Gasteiger partial charge in [0.15, 0.2) is 4.34 Å². The third-order valence-corrected chi connectivity index (χ3v) is 9.69. The summed E-state index contributed by atoms with van der Waals surface area (Å²) in [7, 11) is 0. The number of para-hydroxylation sites is 1. The molecule has 0 spiro atoms. The minimum atomic E-state index is -0.950. The molecule has 4 aromatic rings. The summed E-state index contributed by atoms with van der Waals surface area (Å²) in [5.74, 6) is -0.312. The lowest BCUT2D eigenvalue weighted by Gasteiger charge is -2.33. The second kappa shape index (κ2) is 10.1. The number of phenols is 2. The van der Waals surface area contributed by atoms with Crippen LogP contribution in [0.4, 0.5) is 0 Å². The Kier molecular flexibility index (Phi) is 6.89. The van der Waals surface area contributed by atoms with E-state index in [2.05, 4.69) is 10.4 Å². The molecular formula is C27H23N3O4S3. The number of fused-ring (bicyclic) bond motifs is 1. The number of aromatic nitrogens is 1. The third-order valence-electron chi connectivity index (χ3n) is 6.01.